The molecule has 0 saturated heterocycles. The first-order valence-electron chi connectivity index (χ1n) is 6.76. The molecule has 3 aromatic rings. The number of para-hydroxylation sites is 1. The van der Waals surface area contributed by atoms with Gasteiger partial charge in [0.25, 0.3) is 0 Å². The summed E-state index contributed by atoms with van der Waals surface area (Å²) >= 11 is 5.92. The number of halogens is 1. The molecule has 0 aliphatic carbocycles. The Morgan fingerprint density at radius 2 is 2.00 bits per heavy atom. The number of ether oxygens (including phenoxy) is 1. The van der Waals surface area contributed by atoms with Crippen LogP contribution in [0, 0.1) is 6.92 Å². The van der Waals surface area contributed by atoms with Crippen LogP contribution in [0.4, 0.5) is 0 Å². The fraction of sp³-hybridized carbons (Fsp3) is 0.176. The molecule has 1 unspecified atom stereocenters. The highest BCUT2D eigenvalue weighted by Gasteiger charge is 2.14. The summed E-state index contributed by atoms with van der Waals surface area (Å²) in [6.07, 6.45) is 0. The van der Waals surface area contributed by atoms with E-state index in [2.05, 4.69) is 0 Å². The molecule has 0 fully saturated rings. The number of hydrogen-bond acceptors (Lipinski definition) is 3. The van der Waals surface area contributed by atoms with Crippen molar-refractivity contribution in [3.05, 3.63) is 64.9 Å². The Labute approximate surface area is 128 Å². The van der Waals surface area contributed by atoms with Gasteiger partial charge in [-0.15, -0.1) is 0 Å². The Morgan fingerprint density at radius 3 is 2.76 bits per heavy atom. The van der Waals surface area contributed by atoms with E-state index in [1.807, 2.05) is 43.3 Å². The van der Waals surface area contributed by atoms with E-state index in [9.17, 15) is 0 Å². The molecular formula is C17H16ClNO2. The summed E-state index contributed by atoms with van der Waals surface area (Å²) in [7, 11) is 0. The topological polar surface area (TPSA) is 48.4 Å². The van der Waals surface area contributed by atoms with Gasteiger partial charge in [-0.2, -0.15) is 0 Å². The minimum Gasteiger partial charge on any atom is -0.491 e. The number of furan rings is 1. The molecule has 3 rings (SSSR count). The van der Waals surface area contributed by atoms with E-state index in [-0.39, 0.29) is 6.04 Å². The van der Waals surface area contributed by atoms with Gasteiger partial charge in [-0.3, -0.25) is 0 Å². The number of benzene rings is 2. The molecule has 0 spiro atoms. The molecule has 2 N–H and O–H groups in total. The highest BCUT2D eigenvalue weighted by atomic mass is 35.5. The SMILES string of the molecule is Cc1cccc2cc(C(N)COc3cccc(Cl)c3)oc12. The molecule has 3 nitrogen and oxygen atoms in total. The van der Waals surface area contributed by atoms with Gasteiger partial charge in [0, 0.05) is 10.4 Å². The van der Waals surface area contributed by atoms with Crippen molar-refractivity contribution in [2.24, 2.45) is 5.73 Å². The van der Waals surface area contributed by atoms with Crippen molar-refractivity contribution in [1.29, 1.82) is 0 Å². The Balaban J connectivity index is 1.75. The Hall–Kier alpha value is -1.97. The van der Waals surface area contributed by atoms with Crippen LogP contribution in [0.1, 0.15) is 17.4 Å². The summed E-state index contributed by atoms with van der Waals surface area (Å²) in [5, 5.41) is 1.70. The maximum absolute atomic E-state index is 6.14. The van der Waals surface area contributed by atoms with Crippen LogP contribution in [0.15, 0.2) is 52.9 Å². The van der Waals surface area contributed by atoms with Crippen molar-refractivity contribution in [2.45, 2.75) is 13.0 Å². The Morgan fingerprint density at radius 1 is 1.19 bits per heavy atom. The van der Waals surface area contributed by atoms with Crippen molar-refractivity contribution in [1.82, 2.24) is 0 Å². The number of fused-ring (bicyclic) bond motifs is 1. The van der Waals surface area contributed by atoms with Crippen LogP contribution in [0.2, 0.25) is 5.02 Å². The highest BCUT2D eigenvalue weighted by Crippen LogP contribution is 2.26. The lowest BCUT2D eigenvalue weighted by molar-refractivity contribution is 0.275. The van der Waals surface area contributed by atoms with Crippen molar-refractivity contribution in [3.63, 3.8) is 0 Å². The average molecular weight is 302 g/mol. The first-order valence-corrected chi connectivity index (χ1v) is 7.14. The Kier molecular flexibility index (Phi) is 3.86. The predicted molar refractivity (Wildman–Crippen MR) is 84.8 cm³/mol. The molecule has 21 heavy (non-hydrogen) atoms. The zero-order valence-electron chi connectivity index (χ0n) is 11.7. The van der Waals surface area contributed by atoms with Crippen LogP contribution in [-0.2, 0) is 0 Å². The highest BCUT2D eigenvalue weighted by molar-refractivity contribution is 6.30. The van der Waals surface area contributed by atoms with Gasteiger partial charge >= 0.3 is 0 Å². The van der Waals surface area contributed by atoms with Crippen LogP contribution in [-0.4, -0.2) is 6.61 Å². The van der Waals surface area contributed by atoms with E-state index in [4.69, 9.17) is 26.5 Å². The second-order valence-corrected chi connectivity index (χ2v) is 5.45. The standard InChI is InChI=1S/C17H16ClNO2/c1-11-4-2-5-12-8-16(21-17(11)12)15(19)10-20-14-7-3-6-13(18)9-14/h2-9,15H,10,19H2,1H3. The summed E-state index contributed by atoms with van der Waals surface area (Å²) in [4.78, 5) is 0. The summed E-state index contributed by atoms with van der Waals surface area (Å²) in [6.45, 7) is 2.35. The van der Waals surface area contributed by atoms with Crippen LogP contribution < -0.4 is 10.5 Å². The zero-order chi connectivity index (χ0) is 14.8. The van der Waals surface area contributed by atoms with Gasteiger partial charge in [-0.05, 0) is 36.8 Å². The van der Waals surface area contributed by atoms with Crippen LogP contribution in [0.3, 0.4) is 0 Å². The van der Waals surface area contributed by atoms with Crippen molar-refractivity contribution in [3.8, 4) is 5.75 Å². The van der Waals surface area contributed by atoms with E-state index >= 15 is 0 Å². The van der Waals surface area contributed by atoms with E-state index in [1.165, 1.54) is 0 Å². The molecule has 108 valence electrons. The molecule has 1 aromatic heterocycles. The zero-order valence-corrected chi connectivity index (χ0v) is 12.4. The first-order chi connectivity index (χ1) is 10.1. The number of hydrogen-bond donors (Lipinski definition) is 1. The lowest BCUT2D eigenvalue weighted by Crippen LogP contribution is -2.18. The fourth-order valence-corrected chi connectivity index (χ4v) is 2.42. The van der Waals surface area contributed by atoms with Crippen LogP contribution in [0.25, 0.3) is 11.0 Å². The molecule has 2 aromatic carbocycles. The Bertz CT molecular complexity index is 766. The second-order valence-electron chi connectivity index (χ2n) is 5.02. The molecule has 0 bridgehead atoms. The van der Waals surface area contributed by atoms with E-state index < -0.39 is 0 Å². The maximum Gasteiger partial charge on any atom is 0.137 e. The fourth-order valence-electron chi connectivity index (χ4n) is 2.24. The summed E-state index contributed by atoms with van der Waals surface area (Å²) in [6, 6.07) is 14.9. The van der Waals surface area contributed by atoms with Crippen LogP contribution >= 0.6 is 11.6 Å². The molecule has 1 heterocycles. The van der Waals surface area contributed by atoms with Gasteiger partial charge in [-0.25, -0.2) is 0 Å². The molecule has 0 saturated carbocycles. The molecule has 0 aliphatic rings. The van der Waals surface area contributed by atoms with Gasteiger partial charge in [0.2, 0.25) is 0 Å². The van der Waals surface area contributed by atoms with Crippen molar-refractivity contribution in [2.75, 3.05) is 6.61 Å². The van der Waals surface area contributed by atoms with Crippen molar-refractivity contribution >= 4 is 22.6 Å². The van der Waals surface area contributed by atoms with Crippen LogP contribution in [0.5, 0.6) is 5.75 Å². The second kappa shape index (κ2) is 5.80. The van der Waals surface area contributed by atoms with Gasteiger partial charge in [0.05, 0.1) is 6.04 Å². The predicted octanol–water partition coefficient (Wildman–Crippen LogP) is 4.47. The molecule has 1 atom stereocenters. The average Bonchev–Trinajstić information content (AvgIpc) is 2.90. The van der Waals surface area contributed by atoms with E-state index in [0.717, 1.165) is 22.3 Å². The van der Waals surface area contributed by atoms with E-state index in [1.54, 1.807) is 12.1 Å². The number of rotatable bonds is 4. The normalized spacial score (nSPS) is 12.5. The third-order valence-electron chi connectivity index (χ3n) is 3.35. The first kappa shape index (κ1) is 14.0. The van der Waals surface area contributed by atoms with Crippen molar-refractivity contribution < 1.29 is 9.15 Å². The lowest BCUT2D eigenvalue weighted by atomic mass is 10.1. The van der Waals surface area contributed by atoms with Gasteiger partial charge in [-0.1, -0.05) is 35.9 Å². The third kappa shape index (κ3) is 3.04. The molecule has 4 heteroatoms. The summed E-state index contributed by atoms with van der Waals surface area (Å²) in [5.41, 5.74) is 8.12. The molecule has 0 aliphatic heterocycles. The number of aryl methyl sites for hydroxylation is 1. The third-order valence-corrected chi connectivity index (χ3v) is 3.59. The van der Waals surface area contributed by atoms with Gasteiger partial charge < -0.3 is 14.9 Å². The largest absolute Gasteiger partial charge is 0.491 e. The summed E-state index contributed by atoms with van der Waals surface area (Å²) in [5.74, 6) is 1.42. The smallest absolute Gasteiger partial charge is 0.137 e. The minimum absolute atomic E-state index is 0.323. The molecule has 0 radical (unpaired) electrons. The van der Waals surface area contributed by atoms with E-state index in [0.29, 0.717) is 17.4 Å². The monoisotopic (exact) mass is 301 g/mol. The lowest BCUT2D eigenvalue weighted by Gasteiger charge is -2.11. The quantitative estimate of drug-likeness (QED) is 0.773. The number of nitrogens with two attached hydrogens (primary N) is 1. The van der Waals surface area contributed by atoms with Gasteiger partial charge in [0.15, 0.2) is 0 Å². The molecule has 0 amide bonds. The minimum atomic E-state index is -0.323. The maximum atomic E-state index is 6.14. The summed E-state index contributed by atoms with van der Waals surface area (Å²) < 4.78 is 11.5. The molecular weight excluding hydrogens is 286 g/mol. The van der Waals surface area contributed by atoms with Gasteiger partial charge in [0.1, 0.15) is 23.7 Å².